The number of hydrogen-bond acceptors (Lipinski definition) is 5. The highest BCUT2D eigenvalue weighted by molar-refractivity contribution is 5.93. The molecule has 2 N–H and O–H groups in total. The van der Waals surface area contributed by atoms with E-state index in [4.69, 9.17) is 14.2 Å². The smallest absolute Gasteiger partial charge is 0.243 e. The first-order chi connectivity index (χ1) is 17.7. The van der Waals surface area contributed by atoms with Crippen molar-refractivity contribution in [1.29, 1.82) is 0 Å². The normalized spacial score (nSPS) is 10.3. The van der Waals surface area contributed by atoms with E-state index in [1.54, 1.807) is 6.07 Å². The second-order valence-corrected chi connectivity index (χ2v) is 8.05. The maximum atomic E-state index is 12.5. The molecule has 0 saturated carbocycles. The summed E-state index contributed by atoms with van der Waals surface area (Å²) in [5, 5.41) is 6.04. The molecule has 0 radical (unpaired) electrons. The van der Waals surface area contributed by atoms with Crippen molar-refractivity contribution in [1.82, 2.24) is 0 Å². The third kappa shape index (κ3) is 8.40. The molecule has 4 aromatic carbocycles. The van der Waals surface area contributed by atoms with E-state index in [-0.39, 0.29) is 12.5 Å². The molecule has 36 heavy (non-hydrogen) atoms. The van der Waals surface area contributed by atoms with Gasteiger partial charge < -0.3 is 24.8 Å². The number of amides is 1. The highest BCUT2D eigenvalue weighted by Crippen LogP contribution is 2.19. The second kappa shape index (κ2) is 13.4. The standard InChI is InChI=1S/C30H30N2O4/c33-30(23-31-25-11-7-15-28(21-25)34-18-17-24-9-3-1-4-10-24)32-26-12-8-16-29(22-26)36-20-19-35-27-13-5-2-6-14-27/h1-16,21-22,31H,17-20,23H2,(H,32,33). The molecule has 0 bridgehead atoms. The maximum absolute atomic E-state index is 12.5. The third-order valence-corrected chi connectivity index (χ3v) is 5.27. The molecule has 0 saturated heterocycles. The fraction of sp³-hybridized carbons (Fsp3) is 0.167. The molecule has 0 aliphatic heterocycles. The zero-order valence-corrected chi connectivity index (χ0v) is 20.1. The summed E-state index contributed by atoms with van der Waals surface area (Å²) in [6, 6.07) is 34.7. The lowest BCUT2D eigenvalue weighted by atomic mass is 10.2. The average Bonchev–Trinajstić information content (AvgIpc) is 2.92. The predicted octanol–water partition coefficient (Wildman–Crippen LogP) is 5.82. The Morgan fingerprint density at radius 1 is 0.583 bits per heavy atom. The van der Waals surface area contributed by atoms with Crippen molar-refractivity contribution in [3.8, 4) is 17.2 Å². The van der Waals surface area contributed by atoms with Gasteiger partial charge in [-0.1, -0.05) is 60.7 Å². The minimum absolute atomic E-state index is 0.128. The first kappa shape index (κ1) is 24.7. The largest absolute Gasteiger partial charge is 0.493 e. The molecule has 0 aliphatic carbocycles. The van der Waals surface area contributed by atoms with Crippen LogP contribution in [0.5, 0.6) is 17.2 Å². The summed E-state index contributed by atoms with van der Waals surface area (Å²) in [4.78, 5) is 12.5. The molecule has 0 spiro atoms. The van der Waals surface area contributed by atoms with Crippen molar-refractivity contribution in [3.05, 3.63) is 115 Å². The molecular weight excluding hydrogens is 452 g/mol. The van der Waals surface area contributed by atoms with Crippen molar-refractivity contribution in [3.63, 3.8) is 0 Å². The Morgan fingerprint density at radius 3 is 1.86 bits per heavy atom. The summed E-state index contributed by atoms with van der Waals surface area (Å²) in [5.74, 6) is 2.07. The zero-order chi connectivity index (χ0) is 24.8. The van der Waals surface area contributed by atoms with Crippen molar-refractivity contribution in [2.75, 3.05) is 37.0 Å². The van der Waals surface area contributed by atoms with Crippen LogP contribution in [0.4, 0.5) is 11.4 Å². The van der Waals surface area contributed by atoms with Crippen LogP contribution in [0.1, 0.15) is 5.56 Å². The fourth-order valence-electron chi connectivity index (χ4n) is 3.51. The van der Waals surface area contributed by atoms with E-state index in [0.717, 1.165) is 23.6 Å². The monoisotopic (exact) mass is 482 g/mol. The number of rotatable bonds is 13. The molecule has 0 aliphatic rings. The van der Waals surface area contributed by atoms with E-state index in [1.807, 2.05) is 91.0 Å². The molecule has 0 heterocycles. The molecule has 6 nitrogen and oxygen atoms in total. The SMILES string of the molecule is O=C(CNc1cccc(OCCc2ccccc2)c1)Nc1cccc(OCCOc2ccccc2)c1. The Kier molecular flexibility index (Phi) is 9.21. The van der Waals surface area contributed by atoms with Crippen LogP contribution in [0.15, 0.2) is 109 Å². The summed E-state index contributed by atoms with van der Waals surface area (Å²) in [6.07, 6.45) is 0.837. The van der Waals surface area contributed by atoms with Gasteiger partial charge >= 0.3 is 0 Å². The van der Waals surface area contributed by atoms with E-state index in [2.05, 4.69) is 22.8 Å². The Bertz CT molecular complexity index is 1220. The Balaban J connectivity index is 1.18. The van der Waals surface area contributed by atoms with Gasteiger partial charge in [-0.3, -0.25) is 4.79 Å². The molecule has 4 aromatic rings. The van der Waals surface area contributed by atoms with E-state index in [0.29, 0.717) is 31.3 Å². The number of ether oxygens (including phenoxy) is 3. The lowest BCUT2D eigenvalue weighted by Crippen LogP contribution is -2.21. The third-order valence-electron chi connectivity index (χ3n) is 5.27. The maximum Gasteiger partial charge on any atom is 0.243 e. The number of hydrogen-bond donors (Lipinski definition) is 2. The zero-order valence-electron chi connectivity index (χ0n) is 20.1. The van der Waals surface area contributed by atoms with Gasteiger partial charge in [0.15, 0.2) is 0 Å². The Hall–Kier alpha value is -4.45. The van der Waals surface area contributed by atoms with E-state index >= 15 is 0 Å². The Labute approximate surface area is 211 Å². The summed E-state index contributed by atoms with van der Waals surface area (Å²) in [6.45, 7) is 1.55. The van der Waals surface area contributed by atoms with Gasteiger partial charge in [-0.05, 0) is 42.0 Å². The van der Waals surface area contributed by atoms with Gasteiger partial charge in [0.2, 0.25) is 5.91 Å². The van der Waals surface area contributed by atoms with Crippen molar-refractivity contribution in [2.45, 2.75) is 6.42 Å². The summed E-state index contributed by atoms with van der Waals surface area (Å²) in [5.41, 5.74) is 2.72. The van der Waals surface area contributed by atoms with Crippen molar-refractivity contribution < 1.29 is 19.0 Å². The van der Waals surface area contributed by atoms with E-state index < -0.39 is 0 Å². The molecule has 0 unspecified atom stereocenters. The first-order valence-electron chi connectivity index (χ1n) is 12.0. The molecule has 0 aromatic heterocycles. The van der Waals surface area contributed by atoms with Gasteiger partial charge in [0.1, 0.15) is 30.5 Å². The van der Waals surface area contributed by atoms with Gasteiger partial charge in [0, 0.05) is 29.9 Å². The summed E-state index contributed by atoms with van der Waals surface area (Å²) in [7, 11) is 0. The fourth-order valence-corrected chi connectivity index (χ4v) is 3.51. The molecular formula is C30H30N2O4. The molecule has 6 heteroatoms. The topological polar surface area (TPSA) is 68.8 Å². The Morgan fingerprint density at radius 2 is 1.14 bits per heavy atom. The minimum Gasteiger partial charge on any atom is -0.493 e. The van der Waals surface area contributed by atoms with E-state index in [1.165, 1.54) is 5.56 Å². The second-order valence-electron chi connectivity index (χ2n) is 8.05. The van der Waals surface area contributed by atoms with Crippen molar-refractivity contribution in [2.24, 2.45) is 0 Å². The molecule has 1 amide bonds. The van der Waals surface area contributed by atoms with Crippen LogP contribution in [-0.2, 0) is 11.2 Å². The molecule has 0 fully saturated rings. The van der Waals surface area contributed by atoms with Gasteiger partial charge in [0.05, 0.1) is 13.2 Å². The minimum atomic E-state index is -0.157. The van der Waals surface area contributed by atoms with Gasteiger partial charge in [0.25, 0.3) is 0 Å². The summed E-state index contributed by atoms with van der Waals surface area (Å²) < 4.78 is 17.3. The summed E-state index contributed by atoms with van der Waals surface area (Å²) >= 11 is 0. The van der Waals surface area contributed by atoms with Crippen LogP contribution in [0, 0.1) is 0 Å². The van der Waals surface area contributed by atoms with Crippen LogP contribution in [0.2, 0.25) is 0 Å². The van der Waals surface area contributed by atoms with Crippen molar-refractivity contribution >= 4 is 17.3 Å². The lowest BCUT2D eigenvalue weighted by molar-refractivity contribution is -0.114. The van der Waals surface area contributed by atoms with E-state index in [9.17, 15) is 4.79 Å². The first-order valence-corrected chi connectivity index (χ1v) is 12.0. The average molecular weight is 483 g/mol. The quantitative estimate of drug-likeness (QED) is 0.235. The number of nitrogens with one attached hydrogen (secondary N) is 2. The molecule has 184 valence electrons. The van der Waals surface area contributed by atoms with Crippen LogP contribution in [-0.4, -0.2) is 32.3 Å². The molecule has 0 atom stereocenters. The van der Waals surface area contributed by atoms with Crippen LogP contribution in [0.3, 0.4) is 0 Å². The lowest BCUT2D eigenvalue weighted by Gasteiger charge is -2.12. The van der Waals surface area contributed by atoms with Gasteiger partial charge in [-0.25, -0.2) is 0 Å². The predicted molar refractivity (Wildman–Crippen MR) is 143 cm³/mol. The number of para-hydroxylation sites is 1. The van der Waals surface area contributed by atoms with Gasteiger partial charge in [-0.2, -0.15) is 0 Å². The number of benzene rings is 4. The number of carbonyl (C=O) groups is 1. The van der Waals surface area contributed by atoms with Crippen LogP contribution >= 0.6 is 0 Å². The number of anilines is 2. The van der Waals surface area contributed by atoms with Crippen LogP contribution in [0.25, 0.3) is 0 Å². The van der Waals surface area contributed by atoms with Gasteiger partial charge in [-0.15, -0.1) is 0 Å². The highest BCUT2D eigenvalue weighted by Gasteiger charge is 2.05. The number of carbonyl (C=O) groups excluding carboxylic acids is 1. The van der Waals surface area contributed by atoms with Crippen LogP contribution < -0.4 is 24.8 Å². The molecule has 4 rings (SSSR count). The highest BCUT2D eigenvalue weighted by atomic mass is 16.5.